The van der Waals surface area contributed by atoms with Crippen molar-refractivity contribution in [2.75, 3.05) is 6.61 Å². The zero-order chi connectivity index (χ0) is 14.6. The van der Waals surface area contributed by atoms with Crippen molar-refractivity contribution in [1.82, 2.24) is 4.98 Å². The maximum atomic E-state index is 13.2. The lowest BCUT2D eigenvalue weighted by atomic mass is 10.1. The van der Waals surface area contributed by atoms with Crippen molar-refractivity contribution in [3.05, 3.63) is 28.5 Å². The normalized spacial score (nSPS) is 12.3. The highest BCUT2D eigenvalue weighted by atomic mass is 35.5. The number of pyridine rings is 1. The minimum absolute atomic E-state index is 0.163. The number of hydrogen-bond acceptors (Lipinski definition) is 4. The molecule has 1 aromatic heterocycles. The third kappa shape index (κ3) is 4.20. The van der Waals surface area contributed by atoms with Crippen LogP contribution in [0.1, 0.15) is 29.0 Å². The first kappa shape index (κ1) is 15.4. The molecule has 0 saturated heterocycles. The van der Waals surface area contributed by atoms with E-state index in [-0.39, 0.29) is 5.56 Å². The second-order valence-corrected chi connectivity index (χ2v) is 3.90. The molecular weight excluding hydrogens is 287 g/mol. The fourth-order valence-electron chi connectivity index (χ4n) is 1.20. The Morgan fingerprint density at radius 1 is 1.42 bits per heavy atom. The molecule has 0 aliphatic rings. The number of aromatic nitrogens is 1. The van der Waals surface area contributed by atoms with Crippen LogP contribution in [0.3, 0.4) is 0 Å². The fraction of sp³-hybridized carbons (Fsp3) is 0.364. The highest BCUT2D eigenvalue weighted by molar-refractivity contribution is 6.30. The summed E-state index contributed by atoms with van der Waals surface area (Å²) in [6.07, 6.45) is -4.92. The Labute approximate surface area is 111 Å². The summed E-state index contributed by atoms with van der Waals surface area (Å²) in [4.78, 5) is 25.5. The SMILES string of the molecule is CC(=O)OCC(=O)c1cnc(Cl)c(C(F)C(F)F)c1. The number of alkyl halides is 3. The maximum absolute atomic E-state index is 13.2. The lowest BCUT2D eigenvalue weighted by Crippen LogP contribution is -2.13. The molecule has 0 amide bonds. The van der Waals surface area contributed by atoms with Crippen LogP contribution in [0.5, 0.6) is 0 Å². The Hall–Kier alpha value is -1.63. The van der Waals surface area contributed by atoms with E-state index in [0.717, 1.165) is 19.2 Å². The van der Waals surface area contributed by atoms with Gasteiger partial charge >= 0.3 is 5.97 Å². The topological polar surface area (TPSA) is 56.3 Å². The van der Waals surface area contributed by atoms with E-state index in [4.69, 9.17) is 11.6 Å². The smallest absolute Gasteiger partial charge is 0.303 e. The quantitative estimate of drug-likeness (QED) is 0.476. The summed E-state index contributed by atoms with van der Waals surface area (Å²) < 4.78 is 42.2. The van der Waals surface area contributed by atoms with Gasteiger partial charge in [0.05, 0.1) is 0 Å². The minimum Gasteiger partial charge on any atom is -0.457 e. The molecule has 1 unspecified atom stereocenters. The first-order valence-electron chi connectivity index (χ1n) is 5.07. The molecule has 0 aliphatic heterocycles. The number of Topliss-reactive ketones (excluding diaryl/α,β-unsaturated/α-hetero) is 1. The summed E-state index contributed by atoms with van der Waals surface area (Å²) >= 11 is 5.49. The Balaban J connectivity index is 2.95. The number of halogens is 4. The molecule has 0 aromatic carbocycles. The Kier molecular flexibility index (Phi) is 5.29. The lowest BCUT2D eigenvalue weighted by Gasteiger charge is -2.10. The van der Waals surface area contributed by atoms with Crippen LogP contribution in [-0.2, 0) is 9.53 Å². The number of rotatable bonds is 5. The number of carbonyl (C=O) groups is 2. The molecule has 1 heterocycles. The number of ether oxygens (including phenoxy) is 1. The van der Waals surface area contributed by atoms with E-state index in [0.29, 0.717) is 0 Å². The second kappa shape index (κ2) is 6.51. The minimum atomic E-state index is -3.28. The molecule has 0 aliphatic carbocycles. The zero-order valence-corrected chi connectivity index (χ0v) is 10.5. The van der Waals surface area contributed by atoms with Crippen molar-refractivity contribution in [3.8, 4) is 0 Å². The highest BCUT2D eigenvalue weighted by Gasteiger charge is 2.25. The van der Waals surface area contributed by atoms with Gasteiger partial charge in [-0.05, 0) is 6.07 Å². The number of nitrogens with zero attached hydrogens (tertiary/aromatic N) is 1. The summed E-state index contributed by atoms with van der Waals surface area (Å²) in [5.41, 5.74) is -0.741. The first-order chi connectivity index (χ1) is 8.82. The van der Waals surface area contributed by atoms with Gasteiger partial charge in [0, 0.05) is 24.2 Å². The van der Waals surface area contributed by atoms with E-state index in [9.17, 15) is 22.8 Å². The van der Waals surface area contributed by atoms with E-state index >= 15 is 0 Å². The number of esters is 1. The predicted molar refractivity (Wildman–Crippen MR) is 60.1 cm³/mol. The summed E-state index contributed by atoms with van der Waals surface area (Å²) in [6.45, 7) is 0.525. The van der Waals surface area contributed by atoms with Crippen molar-refractivity contribution in [3.63, 3.8) is 0 Å². The second-order valence-electron chi connectivity index (χ2n) is 3.54. The Morgan fingerprint density at radius 2 is 2.05 bits per heavy atom. The average Bonchev–Trinajstić information content (AvgIpc) is 2.35. The van der Waals surface area contributed by atoms with Crippen molar-refractivity contribution >= 4 is 23.4 Å². The Bertz CT molecular complexity index is 496. The van der Waals surface area contributed by atoms with Gasteiger partial charge in [-0.25, -0.2) is 18.2 Å². The van der Waals surface area contributed by atoms with Gasteiger partial charge in [0.1, 0.15) is 5.15 Å². The Morgan fingerprint density at radius 3 is 2.58 bits per heavy atom. The van der Waals surface area contributed by atoms with Crippen molar-refractivity contribution < 1.29 is 27.5 Å². The van der Waals surface area contributed by atoms with Crippen LogP contribution in [0.15, 0.2) is 12.3 Å². The first-order valence-corrected chi connectivity index (χ1v) is 5.45. The van der Waals surface area contributed by atoms with E-state index in [1.807, 2.05) is 0 Å². The average molecular weight is 296 g/mol. The van der Waals surface area contributed by atoms with Crippen LogP contribution in [0.4, 0.5) is 13.2 Å². The molecule has 4 nitrogen and oxygen atoms in total. The van der Waals surface area contributed by atoms with Crippen LogP contribution in [0.2, 0.25) is 5.15 Å². The third-order valence-corrected chi connectivity index (χ3v) is 2.43. The van der Waals surface area contributed by atoms with Gasteiger partial charge in [0.2, 0.25) is 5.78 Å². The maximum Gasteiger partial charge on any atom is 0.303 e. The molecular formula is C11H9ClF3NO3. The summed E-state index contributed by atoms with van der Waals surface area (Å²) in [6, 6.07) is 0.873. The van der Waals surface area contributed by atoms with Crippen LogP contribution < -0.4 is 0 Å². The van der Waals surface area contributed by atoms with E-state index in [2.05, 4.69) is 9.72 Å². The zero-order valence-electron chi connectivity index (χ0n) is 9.70. The van der Waals surface area contributed by atoms with Crippen LogP contribution >= 0.6 is 11.6 Å². The molecule has 1 atom stereocenters. The van der Waals surface area contributed by atoms with E-state index < -0.39 is 41.7 Å². The monoisotopic (exact) mass is 295 g/mol. The largest absolute Gasteiger partial charge is 0.457 e. The molecule has 8 heteroatoms. The number of hydrogen-bond donors (Lipinski definition) is 0. The number of ketones is 1. The molecule has 19 heavy (non-hydrogen) atoms. The van der Waals surface area contributed by atoms with Crippen molar-refractivity contribution in [2.45, 2.75) is 19.5 Å². The van der Waals surface area contributed by atoms with Gasteiger partial charge in [0.15, 0.2) is 12.8 Å². The molecule has 0 bridgehead atoms. The van der Waals surface area contributed by atoms with Gasteiger partial charge in [-0.1, -0.05) is 11.6 Å². The summed E-state index contributed by atoms with van der Waals surface area (Å²) in [5.74, 6) is -1.37. The summed E-state index contributed by atoms with van der Waals surface area (Å²) in [5, 5.41) is -0.447. The highest BCUT2D eigenvalue weighted by Crippen LogP contribution is 2.30. The third-order valence-electron chi connectivity index (χ3n) is 2.11. The van der Waals surface area contributed by atoms with Gasteiger partial charge in [-0.2, -0.15) is 0 Å². The van der Waals surface area contributed by atoms with Crippen molar-refractivity contribution in [2.24, 2.45) is 0 Å². The van der Waals surface area contributed by atoms with E-state index in [1.165, 1.54) is 0 Å². The lowest BCUT2D eigenvalue weighted by molar-refractivity contribution is -0.139. The van der Waals surface area contributed by atoms with E-state index in [1.54, 1.807) is 0 Å². The predicted octanol–water partition coefficient (Wildman–Crippen LogP) is 2.76. The van der Waals surface area contributed by atoms with Gasteiger partial charge in [-0.15, -0.1) is 0 Å². The summed E-state index contributed by atoms with van der Waals surface area (Å²) in [7, 11) is 0. The van der Waals surface area contributed by atoms with Crippen LogP contribution in [0.25, 0.3) is 0 Å². The van der Waals surface area contributed by atoms with Crippen molar-refractivity contribution in [1.29, 1.82) is 0 Å². The van der Waals surface area contributed by atoms with Crippen LogP contribution in [0, 0.1) is 0 Å². The number of carbonyl (C=O) groups excluding carboxylic acids is 2. The molecule has 0 radical (unpaired) electrons. The molecule has 104 valence electrons. The molecule has 0 saturated carbocycles. The molecule has 0 spiro atoms. The van der Waals surface area contributed by atoms with Gasteiger partial charge in [0.25, 0.3) is 6.43 Å². The molecule has 0 N–H and O–H groups in total. The molecule has 1 rings (SSSR count). The molecule has 0 fully saturated rings. The van der Waals surface area contributed by atoms with Gasteiger partial charge < -0.3 is 4.74 Å². The standard InChI is InChI=1S/C11H9ClF3NO3/c1-5(17)19-4-8(18)6-2-7(9(13)11(14)15)10(12)16-3-6/h2-3,9,11H,4H2,1H3. The fourth-order valence-corrected chi connectivity index (χ4v) is 1.40. The van der Waals surface area contributed by atoms with Gasteiger partial charge in [-0.3, -0.25) is 9.59 Å². The van der Waals surface area contributed by atoms with Crippen LogP contribution in [-0.4, -0.2) is 29.8 Å². The molecule has 1 aromatic rings.